The summed E-state index contributed by atoms with van der Waals surface area (Å²) in [7, 11) is 2.01. The zero-order valence-corrected chi connectivity index (χ0v) is 9.89. The van der Waals surface area contributed by atoms with E-state index in [-0.39, 0.29) is 0 Å². The van der Waals surface area contributed by atoms with Crippen molar-refractivity contribution in [1.82, 2.24) is 4.98 Å². The summed E-state index contributed by atoms with van der Waals surface area (Å²) in [6.07, 6.45) is 0.875. The molecule has 4 heteroatoms. The Morgan fingerprint density at radius 3 is 2.64 bits per heavy atom. The third-order valence-corrected chi connectivity index (χ3v) is 3.09. The lowest BCUT2D eigenvalue weighted by Crippen LogP contribution is -2.22. The van der Waals surface area contributed by atoms with Crippen LogP contribution in [-0.2, 0) is 0 Å². The SMILES string of the molecule is Cc1nc(N(C)CC(C)C)sc1C=O. The van der Waals surface area contributed by atoms with Crippen molar-refractivity contribution in [1.29, 1.82) is 0 Å². The number of aldehydes is 1. The summed E-state index contributed by atoms with van der Waals surface area (Å²) >= 11 is 1.46. The lowest BCUT2D eigenvalue weighted by atomic mass is 10.2. The molecule has 0 spiro atoms. The molecule has 1 rings (SSSR count). The third kappa shape index (κ3) is 2.54. The number of hydrogen-bond donors (Lipinski definition) is 0. The van der Waals surface area contributed by atoms with Gasteiger partial charge in [0.1, 0.15) is 0 Å². The fourth-order valence-corrected chi connectivity index (χ4v) is 2.14. The van der Waals surface area contributed by atoms with E-state index in [9.17, 15) is 4.79 Å². The molecule has 0 amide bonds. The summed E-state index contributed by atoms with van der Waals surface area (Å²) in [5.74, 6) is 0.601. The Labute approximate surface area is 88.8 Å². The highest BCUT2D eigenvalue weighted by Gasteiger charge is 2.11. The van der Waals surface area contributed by atoms with E-state index in [2.05, 4.69) is 23.7 Å². The summed E-state index contributed by atoms with van der Waals surface area (Å²) in [6, 6.07) is 0. The first kappa shape index (κ1) is 11.2. The number of carbonyl (C=O) groups is 1. The number of aromatic nitrogens is 1. The van der Waals surface area contributed by atoms with Gasteiger partial charge in [-0.3, -0.25) is 4.79 Å². The highest BCUT2D eigenvalue weighted by Crippen LogP contribution is 2.24. The van der Waals surface area contributed by atoms with Crippen molar-refractivity contribution < 1.29 is 4.79 Å². The molecule has 3 nitrogen and oxygen atoms in total. The van der Waals surface area contributed by atoms with Crippen LogP contribution in [0, 0.1) is 12.8 Å². The highest BCUT2D eigenvalue weighted by molar-refractivity contribution is 7.17. The number of nitrogens with zero attached hydrogens (tertiary/aromatic N) is 2. The van der Waals surface area contributed by atoms with Gasteiger partial charge in [0, 0.05) is 13.6 Å². The van der Waals surface area contributed by atoms with Crippen LogP contribution in [0.25, 0.3) is 0 Å². The number of thiazole rings is 1. The lowest BCUT2D eigenvalue weighted by molar-refractivity contribution is 0.112. The fraction of sp³-hybridized carbons (Fsp3) is 0.600. The van der Waals surface area contributed by atoms with Crippen LogP contribution in [0.15, 0.2) is 0 Å². The molecular formula is C10H16N2OS. The van der Waals surface area contributed by atoms with Crippen LogP contribution in [-0.4, -0.2) is 24.9 Å². The van der Waals surface area contributed by atoms with E-state index in [4.69, 9.17) is 0 Å². The second-order valence-corrected chi connectivity index (χ2v) is 4.85. The molecule has 0 atom stereocenters. The van der Waals surface area contributed by atoms with Crippen molar-refractivity contribution in [2.75, 3.05) is 18.5 Å². The summed E-state index contributed by atoms with van der Waals surface area (Å²) in [5, 5.41) is 0.929. The molecule has 1 heterocycles. The fourth-order valence-electron chi connectivity index (χ4n) is 1.29. The van der Waals surface area contributed by atoms with Crippen LogP contribution in [0.3, 0.4) is 0 Å². The van der Waals surface area contributed by atoms with E-state index in [1.807, 2.05) is 14.0 Å². The van der Waals surface area contributed by atoms with Crippen LogP contribution < -0.4 is 4.90 Å². The van der Waals surface area contributed by atoms with Gasteiger partial charge in [-0.2, -0.15) is 0 Å². The minimum atomic E-state index is 0.601. The Morgan fingerprint density at radius 2 is 2.21 bits per heavy atom. The van der Waals surface area contributed by atoms with E-state index in [0.29, 0.717) is 5.92 Å². The minimum Gasteiger partial charge on any atom is -0.351 e. The molecule has 0 aliphatic heterocycles. The van der Waals surface area contributed by atoms with Crippen molar-refractivity contribution in [3.8, 4) is 0 Å². The predicted molar refractivity (Wildman–Crippen MR) is 60.3 cm³/mol. The van der Waals surface area contributed by atoms with Crippen molar-refractivity contribution >= 4 is 22.8 Å². The average Bonchev–Trinajstić information content (AvgIpc) is 2.45. The van der Waals surface area contributed by atoms with E-state index < -0.39 is 0 Å². The van der Waals surface area contributed by atoms with E-state index in [0.717, 1.165) is 28.5 Å². The Bertz CT molecular complexity index is 320. The van der Waals surface area contributed by atoms with Gasteiger partial charge < -0.3 is 4.90 Å². The zero-order valence-electron chi connectivity index (χ0n) is 9.07. The quantitative estimate of drug-likeness (QED) is 0.718. The molecule has 0 aliphatic carbocycles. The van der Waals surface area contributed by atoms with Crippen molar-refractivity contribution in [3.63, 3.8) is 0 Å². The van der Waals surface area contributed by atoms with Gasteiger partial charge >= 0.3 is 0 Å². The van der Waals surface area contributed by atoms with Crippen molar-refractivity contribution in [2.24, 2.45) is 5.92 Å². The molecule has 0 radical (unpaired) electrons. The Morgan fingerprint density at radius 1 is 1.57 bits per heavy atom. The second kappa shape index (κ2) is 4.55. The summed E-state index contributed by atoms with van der Waals surface area (Å²) in [5.41, 5.74) is 0.829. The highest BCUT2D eigenvalue weighted by atomic mass is 32.1. The summed E-state index contributed by atoms with van der Waals surface area (Å²) in [6.45, 7) is 7.16. The average molecular weight is 212 g/mol. The van der Waals surface area contributed by atoms with E-state index in [1.165, 1.54) is 11.3 Å². The van der Waals surface area contributed by atoms with Gasteiger partial charge in [-0.05, 0) is 12.8 Å². The van der Waals surface area contributed by atoms with Crippen LogP contribution >= 0.6 is 11.3 Å². The van der Waals surface area contributed by atoms with Crippen molar-refractivity contribution in [2.45, 2.75) is 20.8 Å². The number of aryl methyl sites for hydroxylation is 1. The number of hydrogen-bond acceptors (Lipinski definition) is 4. The van der Waals surface area contributed by atoms with Gasteiger partial charge in [0.2, 0.25) is 0 Å². The second-order valence-electron chi connectivity index (χ2n) is 3.84. The van der Waals surface area contributed by atoms with Gasteiger partial charge in [-0.1, -0.05) is 25.2 Å². The van der Waals surface area contributed by atoms with Crippen LogP contribution in [0.1, 0.15) is 29.2 Å². The molecule has 78 valence electrons. The van der Waals surface area contributed by atoms with Crippen LogP contribution in [0.2, 0.25) is 0 Å². The molecule has 1 aromatic rings. The molecule has 0 saturated carbocycles. The number of rotatable bonds is 4. The number of anilines is 1. The van der Waals surface area contributed by atoms with Gasteiger partial charge in [-0.25, -0.2) is 4.98 Å². The van der Waals surface area contributed by atoms with Crippen LogP contribution in [0.5, 0.6) is 0 Å². The Hall–Kier alpha value is -0.900. The number of carbonyl (C=O) groups excluding carboxylic acids is 1. The van der Waals surface area contributed by atoms with Gasteiger partial charge in [0.05, 0.1) is 10.6 Å². The topological polar surface area (TPSA) is 33.2 Å². The Kier molecular flexibility index (Phi) is 3.63. The molecule has 0 saturated heterocycles. The van der Waals surface area contributed by atoms with E-state index in [1.54, 1.807) is 0 Å². The molecule has 0 bridgehead atoms. The lowest BCUT2D eigenvalue weighted by Gasteiger charge is -2.17. The first-order valence-corrected chi connectivity index (χ1v) is 5.50. The molecule has 0 N–H and O–H groups in total. The van der Waals surface area contributed by atoms with Gasteiger partial charge in [-0.15, -0.1) is 0 Å². The molecule has 0 fully saturated rings. The maximum atomic E-state index is 10.6. The smallest absolute Gasteiger partial charge is 0.185 e. The molecule has 0 unspecified atom stereocenters. The van der Waals surface area contributed by atoms with Crippen molar-refractivity contribution in [3.05, 3.63) is 10.6 Å². The first-order chi connectivity index (χ1) is 6.54. The Balaban J connectivity index is 2.80. The molecule has 0 aromatic carbocycles. The largest absolute Gasteiger partial charge is 0.351 e. The van der Waals surface area contributed by atoms with Gasteiger partial charge in [0.15, 0.2) is 11.4 Å². The van der Waals surface area contributed by atoms with Gasteiger partial charge in [0.25, 0.3) is 0 Å². The maximum Gasteiger partial charge on any atom is 0.185 e. The molecule has 14 heavy (non-hydrogen) atoms. The summed E-state index contributed by atoms with van der Waals surface area (Å²) in [4.78, 5) is 17.8. The van der Waals surface area contributed by atoms with Crippen LogP contribution in [0.4, 0.5) is 5.13 Å². The third-order valence-electron chi connectivity index (χ3n) is 1.89. The molecule has 0 aliphatic rings. The van der Waals surface area contributed by atoms with E-state index >= 15 is 0 Å². The normalized spacial score (nSPS) is 10.6. The monoisotopic (exact) mass is 212 g/mol. The molecular weight excluding hydrogens is 196 g/mol. The first-order valence-electron chi connectivity index (χ1n) is 4.68. The summed E-state index contributed by atoms with van der Waals surface area (Å²) < 4.78 is 0. The predicted octanol–water partition coefficient (Wildman–Crippen LogP) is 2.36. The zero-order chi connectivity index (χ0) is 10.7. The standard InChI is InChI=1S/C10H16N2OS/c1-7(2)5-12(4)10-11-8(3)9(6-13)14-10/h6-7H,5H2,1-4H3. The minimum absolute atomic E-state index is 0.601. The maximum absolute atomic E-state index is 10.6. The molecule has 1 aromatic heterocycles.